The molecule has 0 radical (unpaired) electrons. The fraction of sp³-hybridized carbons (Fsp3) is 0.421. The summed E-state index contributed by atoms with van der Waals surface area (Å²) in [7, 11) is 0. The third kappa shape index (κ3) is 4.04. The first-order valence-electron chi connectivity index (χ1n) is 9.53. The zero-order valence-electron chi connectivity index (χ0n) is 17.0. The van der Waals surface area contributed by atoms with Gasteiger partial charge in [-0.2, -0.15) is 0 Å². The fourth-order valence-corrected chi connectivity index (χ4v) is 4.41. The molecule has 0 aliphatic carbocycles. The van der Waals surface area contributed by atoms with Gasteiger partial charge in [0.25, 0.3) is 5.91 Å². The molecule has 4 rings (SSSR count). The van der Waals surface area contributed by atoms with Gasteiger partial charge in [-0.3, -0.25) is 10.0 Å². The van der Waals surface area contributed by atoms with Crippen molar-refractivity contribution in [1.29, 1.82) is 0 Å². The van der Waals surface area contributed by atoms with E-state index in [1.807, 2.05) is 20.8 Å². The van der Waals surface area contributed by atoms with E-state index in [-0.39, 0.29) is 5.56 Å². The van der Waals surface area contributed by atoms with Crippen LogP contribution in [-0.4, -0.2) is 57.4 Å². The Balaban J connectivity index is 1.63. The van der Waals surface area contributed by atoms with Crippen molar-refractivity contribution < 1.29 is 14.7 Å². The number of thiophene rings is 1. The van der Waals surface area contributed by atoms with Crippen molar-refractivity contribution in [2.45, 2.75) is 26.3 Å². The highest BCUT2D eigenvalue weighted by Crippen LogP contribution is 2.38. The largest absolute Gasteiger partial charge is 0.378 e. The molecule has 1 amide bonds. The van der Waals surface area contributed by atoms with Crippen LogP contribution in [0.2, 0.25) is 0 Å². The summed E-state index contributed by atoms with van der Waals surface area (Å²) in [6.07, 6.45) is 2.71. The lowest BCUT2D eigenvalue weighted by Gasteiger charge is -2.28. The lowest BCUT2D eigenvalue weighted by molar-refractivity contribution is 0.0705. The smallest absolute Gasteiger partial charge is 0.277 e. The molecular formula is C19H23N7O3S. The molecule has 30 heavy (non-hydrogen) atoms. The Labute approximate surface area is 177 Å². The van der Waals surface area contributed by atoms with Gasteiger partial charge >= 0.3 is 0 Å². The SMILES string of the molecule is Cc1nc(N2CCOCC2)c2sc(C(C)(C)Nc3ncc(C(=O)NO)cn3)cc2n1. The van der Waals surface area contributed by atoms with E-state index in [1.54, 1.807) is 16.8 Å². The van der Waals surface area contributed by atoms with Gasteiger partial charge in [-0.15, -0.1) is 11.3 Å². The topological polar surface area (TPSA) is 125 Å². The summed E-state index contributed by atoms with van der Waals surface area (Å²) in [5, 5.41) is 12.0. The molecule has 1 fully saturated rings. The van der Waals surface area contributed by atoms with E-state index < -0.39 is 11.4 Å². The number of nitrogens with zero attached hydrogens (tertiary/aromatic N) is 5. The fourth-order valence-electron chi connectivity index (χ4n) is 3.24. The lowest BCUT2D eigenvalue weighted by Crippen LogP contribution is -2.36. The van der Waals surface area contributed by atoms with E-state index in [9.17, 15) is 4.79 Å². The lowest BCUT2D eigenvalue weighted by atomic mass is 10.0. The van der Waals surface area contributed by atoms with Crippen molar-refractivity contribution in [1.82, 2.24) is 25.4 Å². The first-order chi connectivity index (χ1) is 14.4. The van der Waals surface area contributed by atoms with E-state index in [2.05, 4.69) is 31.2 Å². The molecule has 0 aromatic carbocycles. The van der Waals surface area contributed by atoms with Gasteiger partial charge in [0.05, 0.1) is 34.5 Å². The zero-order chi connectivity index (χ0) is 21.3. The number of hydrogen-bond donors (Lipinski definition) is 3. The van der Waals surface area contributed by atoms with Crippen LogP contribution in [0.15, 0.2) is 18.5 Å². The van der Waals surface area contributed by atoms with Gasteiger partial charge in [-0.25, -0.2) is 25.4 Å². The molecule has 158 valence electrons. The van der Waals surface area contributed by atoms with Gasteiger partial charge in [-0.05, 0) is 26.8 Å². The number of rotatable bonds is 5. The van der Waals surface area contributed by atoms with Crippen LogP contribution >= 0.6 is 11.3 Å². The Morgan fingerprint density at radius 1 is 1.23 bits per heavy atom. The van der Waals surface area contributed by atoms with Crippen LogP contribution in [0.1, 0.15) is 34.9 Å². The number of anilines is 2. The van der Waals surface area contributed by atoms with Crippen LogP contribution in [0, 0.1) is 6.92 Å². The molecule has 0 saturated carbocycles. The Bertz CT molecular complexity index is 1060. The van der Waals surface area contributed by atoms with Gasteiger partial charge in [0, 0.05) is 30.4 Å². The van der Waals surface area contributed by atoms with Crippen molar-refractivity contribution in [2.24, 2.45) is 0 Å². The minimum absolute atomic E-state index is 0.170. The molecule has 0 spiro atoms. The molecule has 0 unspecified atom stereocenters. The molecule has 1 aliphatic heterocycles. The second kappa shape index (κ2) is 8.09. The number of aryl methyl sites for hydroxylation is 1. The Hall–Kier alpha value is -2.89. The molecule has 4 heterocycles. The van der Waals surface area contributed by atoms with E-state index in [0.717, 1.165) is 39.8 Å². The van der Waals surface area contributed by atoms with Gasteiger partial charge in [-0.1, -0.05) is 0 Å². The number of aromatic nitrogens is 4. The Kier molecular flexibility index (Phi) is 5.50. The minimum Gasteiger partial charge on any atom is -0.378 e. The van der Waals surface area contributed by atoms with Gasteiger partial charge in [0.2, 0.25) is 5.95 Å². The summed E-state index contributed by atoms with van der Waals surface area (Å²) in [6.45, 7) is 8.97. The molecule has 10 nitrogen and oxygen atoms in total. The van der Waals surface area contributed by atoms with Gasteiger partial charge in [0.15, 0.2) is 5.82 Å². The average Bonchev–Trinajstić information content (AvgIpc) is 3.18. The minimum atomic E-state index is -0.657. The normalized spacial score (nSPS) is 14.7. The summed E-state index contributed by atoms with van der Waals surface area (Å²) in [5.41, 5.74) is 2.16. The summed E-state index contributed by atoms with van der Waals surface area (Å²) < 4.78 is 6.52. The van der Waals surface area contributed by atoms with Crippen LogP contribution in [0.5, 0.6) is 0 Å². The predicted molar refractivity (Wildman–Crippen MR) is 113 cm³/mol. The second-order valence-corrected chi connectivity index (χ2v) is 8.56. The highest BCUT2D eigenvalue weighted by atomic mass is 32.1. The van der Waals surface area contributed by atoms with Crippen LogP contribution in [0.3, 0.4) is 0 Å². The highest BCUT2D eigenvalue weighted by molar-refractivity contribution is 7.19. The van der Waals surface area contributed by atoms with Gasteiger partial charge in [0.1, 0.15) is 5.82 Å². The molecule has 1 aliphatic rings. The number of ether oxygens (including phenoxy) is 1. The Morgan fingerprint density at radius 3 is 2.60 bits per heavy atom. The number of amides is 1. The monoisotopic (exact) mass is 429 g/mol. The number of hydrogen-bond acceptors (Lipinski definition) is 10. The molecule has 3 N–H and O–H groups in total. The summed E-state index contributed by atoms with van der Waals surface area (Å²) >= 11 is 1.64. The van der Waals surface area contributed by atoms with E-state index in [1.165, 1.54) is 12.4 Å². The molecular weight excluding hydrogens is 406 g/mol. The summed E-state index contributed by atoms with van der Waals surface area (Å²) in [4.78, 5) is 32.4. The highest BCUT2D eigenvalue weighted by Gasteiger charge is 2.27. The van der Waals surface area contributed by atoms with E-state index in [0.29, 0.717) is 19.2 Å². The van der Waals surface area contributed by atoms with E-state index in [4.69, 9.17) is 14.9 Å². The molecule has 0 atom stereocenters. The second-order valence-electron chi connectivity index (χ2n) is 7.51. The maximum Gasteiger partial charge on any atom is 0.277 e. The van der Waals surface area contributed by atoms with Crippen LogP contribution in [0.4, 0.5) is 11.8 Å². The number of carbonyl (C=O) groups excluding carboxylic acids is 1. The average molecular weight is 430 g/mol. The van der Waals surface area contributed by atoms with Crippen LogP contribution in [0.25, 0.3) is 10.2 Å². The van der Waals surface area contributed by atoms with E-state index >= 15 is 0 Å². The van der Waals surface area contributed by atoms with Crippen LogP contribution in [-0.2, 0) is 10.3 Å². The maximum atomic E-state index is 11.4. The molecule has 0 bridgehead atoms. The first kappa shape index (κ1) is 20.4. The maximum absolute atomic E-state index is 11.4. The number of fused-ring (bicyclic) bond motifs is 1. The predicted octanol–water partition coefficient (Wildman–Crippen LogP) is 2.09. The van der Waals surface area contributed by atoms with Crippen molar-refractivity contribution in [3.63, 3.8) is 0 Å². The number of nitrogens with one attached hydrogen (secondary N) is 2. The third-order valence-corrected chi connectivity index (χ3v) is 6.28. The van der Waals surface area contributed by atoms with Crippen LogP contribution < -0.4 is 15.7 Å². The van der Waals surface area contributed by atoms with Crippen molar-refractivity contribution in [2.75, 3.05) is 36.5 Å². The summed E-state index contributed by atoms with van der Waals surface area (Å²) in [6, 6.07) is 2.07. The molecule has 1 saturated heterocycles. The number of hydroxylamine groups is 1. The molecule has 3 aromatic heterocycles. The molecule has 3 aromatic rings. The van der Waals surface area contributed by atoms with Gasteiger partial charge < -0.3 is 15.0 Å². The van der Waals surface area contributed by atoms with Crippen molar-refractivity contribution in [3.8, 4) is 0 Å². The standard InChI is InChI=1S/C19H23N7O3S/c1-11-22-13-8-14(30-15(13)16(23-11)26-4-6-29-7-5-26)19(2,3)24-18-20-9-12(10-21-18)17(27)25-28/h8-10,28H,4-7H2,1-3H3,(H,25,27)(H,20,21,24). The third-order valence-electron chi connectivity index (χ3n) is 4.83. The number of carbonyl (C=O) groups is 1. The van der Waals surface area contributed by atoms with Crippen molar-refractivity contribution in [3.05, 3.63) is 34.7 Å². The summed E-state index contributed by atoms with van der Waals surface area (Å²) in [5.74, 6) is 1.40. The zero-order valence-corrected chi connectivity index (χ0v) is 17.8. The first-order valence-corrected chi connectivity index (χ1v) is 10.3. The molecule has 11 heteroatoms. The number of morpholine rings is 1. The Morgan fingerprint density at radius 2 is 1.93 bits per heavy atom. The quantitative estimate of drug-likeness (QED) is 0.413. The van der Waals surface area contributed by atoms with Crippen molar-refractivity contribution >= 4 is 39.2 Å².